The summed E-state index contributed by atoms with van der Waals surface area (Å²) in [4.78, 5) is 0. The number of unbranched alkanes of at least 4 members (excludes halogenated alkanes) is 9. The molecule has 0 spiro atoms. The van der Waals surface area contributed by atoms with E-state index in [4.69, 9.17) is 4.74 Å². The van der Waals surface area contributed by atoms with Crippen LogP contribution in [0.5, 0.6) is 5.75 Å². The van der Waals surface area contributed by atoms with Gasteiger partial charge in [0.1, 0.15) is 5.75 Å². The molecule has 0 radical (unpaired) electrons. The molecule has 2 aromatic carbocycles. The average molecular weight is 424 g/mol. The van der Waals surface area contributed by atoms with Crippen LogP contribution < -0.4 is 10.1 Å². The van der Waals surface area contributed by atoms with E-state index >= 15 is 0 Å². The first-order valence-electron chi connectivity index (χ1n) is 12.9. The first-order valence-corrected chi connectivity index (χ1v) is 12.9. The molecule has 0 saturated heterocycles. The molecular formula is C29H45NO. The number of ether oxygens (including phenoxy) is 1. The van der Waals surface area contributed by atoms with Gasteiger partial charge >= 0.3 is 0 Å². The Morgan fingerprint density at radius 1 is 0.613 bits per heavy atom. The summed E-state index contributed by atoms with van der Waals surface area (Å²) in [6.45, 7) is 7.30. The molecule has 2 rings (SSSR count). The maximum atomic E-state index is 5.94. The van der Waals surface area contributed by atoms with E-state index in [0.717, 1.165) is 23.5 Å². The zero-order valence-electron chi connectivity index (χ0n) is 20.3. The number of hydrogen-bond donors (Lipinski definition) is 1. The van der Waals surface area contributed by atoms with E-state index in [1.54, 1.807) is 0 Å². The summed E-state index contributed by atoms with van der Waals surface area (Å²) in [7, 11) is 0. The van der Waals surface area contributed by atoms with Crippen molar-refractivity contribution in [3.8, 4) is 5.75 Å². The minimum absolute atomic E-state index is 0.707. The second-order valence-corrected chi connectivity index (χ2v) is 8.76. The lowest BCUT2D eigenvalue weighted by molar-refractivity contribution is 0.336. The lowest BCUT2D eigenvalue weighted by Crippen LogP contribution is -1.99. The molecule has 0 aliphatic carbocycles. The van der Waals surface area contributed by atoms with E-state index in [2.05, 4.69) is 68.6 Å². The Morgan fingerprint density at radius 3 is 1.87 bits per heavy atom. The molecule has 0 unspecified atom stereocenters. The van der Waals surface area contributed by atoms with Crippen LogP contribution >= 0.6 is 0 Å². The van der Waals surface area contributed by atoms with Crippen LogP contribution in [0.2, 0.25) is 0 Å². The van der Waals surface area contributed by atoms with Crippen molar-refractivity contribution >= 4 is 11.4 Å². The third-order valence-corrected chi connectivity index (χ3v) is 5.98. The molecule has 0 bridgehead atoms. The molecule has 2 aromatic rings. The molecule has 2 nitrogen and oxygen atoms in total. The van der Waals surface area contributed by atoms with Gasteiger partial charge in [0.25, 0.3) is 0 Å². The summed E-state index contributed by atoms with van der Waals surface area (Å²) in [5.74, 6) is 1.03. The third-order valence-electron chi connectivity index (χ3n) is 5.98. The van der Waals surface area contributed by atoms with Crippen molar-refractivity contribution in [1.29, 1.82) is 0 Å². The van der Waals surface area contributed by atoms with Crippen molar-refractivity contribution < 1.29 is 4.74 Å². The molecule has 2 heteroatoms. The van der Waals surface area contributed by atoms with Crippen LogP contribution in [0.1, 0.15) is 103 Å². The van der Waals surface area contributed by atoms with Crippen LogP contribution in [0.25, 0.3) is 0 Å². The Labute approximate surface area is 191 Å². The second kappa shape index (κ2) is 15.8. The molecule has 0 aromatic heterocycles. The molecule has 0 aliphatic heterocycles. The van der Waals surface area contributed by atoms with Crippen molar-refractivity contribution in [2.24, 2.45) is 0 Å². The maximum absolute atomic E-state index is 5.94. The van der Waals surface area contributed by atoms with E-state index < -0.39 is 0 Å². The normalized spacial score (nSPS) is 10.9. The monoisotopic (exact) mass is 423 g/mol. The fourth-order valence-corrected chi connectivity index (χ4v) is 4.08. The molecule has 0 saturated carbocycles. The number of anilines is 2. The minimum atomic E-state index is 0.707. The summed E-state index contributed by atoms with van der Waals surface area (Å²) in [5.41, 5.74) is 5.01. The third kappa shape index (κ3) is 10.3. The van der Waals surface area contributed by atoms with Crippen molar-refractivity contribution in [2.45, 2.75) is 104 Å². The summed E-state index contributed by atoms with van der Waals surface area (Å²) in [5, 5.41) is 3.55. The molecular weight excluding hydrogens is 378 g/mol. The topological polar surface area (TPSA) is 21.3 Å². The minimum Gasteiger partial charge on any atom is -0.494 e. The fraction of sp³-hybridized carbons (Fsp3) is 0.586. The van der Waals surface area contributed by atoms with Gasteiger partial charge < -0.3 is 10.1 Å². The molecule has 0 aliphatic rings. The first-order chi connectivity index (χ1) is 15.3. The maximum Gasteiger partial charge on any atom is 0.124 e. The quantitative estimate of drug-likeness (QED) is 0.256. The van der Waals surface area contributed by atoms with Crippen molar-refractivity contribution in [3.63, 3.8) is 0 Å². The highest BCUT2D eigenvalue weighted by atomic mass is 16.5. The Bertz CT molecular complexity index is 707. The fourth-order valence-electron chi connectivity index (χ4n) is 4.08. The SMILES string of the molecule is CCCCCCCCCc1ccc(Nc2ccc(CCCCCC)c(OCC)c2)cc1. The predicted molar refractivity (Wildman–Crippen MR) is 137 cm³/mol. The number of benzene rings is 2. The van der Waals surface area contributed by atoms with Gasteiger partial charge in [-0.15, -0.1) is 0 Å². The lowest BCUT2D eigenvalue weighted by Gasteiger charge is -2.14. The van der Waals surface area contributed by atoms with Gasteiger partial charge in [0.05, 0.1) is 6.61 Å². The van der Waals surface area contributed by atoms with Crippen LogP contribution in [0, 0.1) is 0 Å². The number of nitrogens with one attached hydrogen (secondary N) is 1. The number of hydrogen-bond acceptors (Lipinski definition) is 2. The van der Waals surface area contributed by atoms with E-state index in [0.29, 0.717) is 6.61 Å². The Hall–Kier alpha value is -1.96. The van der Waals surface area contributed by atoms with Gasteiger partial charge in [0.2, 0.25) is 0 Å². The van der Waals surface area contributed by atoms with Crippen LogP contribution in [0.3, 0.4) is 0 Å². The average Bonchev–Trinajstić information content (AvgIpc) is 2.78. The Balaban J connectivity index is 1.82. The molecule has 172 valence electrons. The second-order valence-electron chi connectivity index (χ2n) is 8.76. The predicted octanol–water partition coefficient (Wildman–Crippen LogP) is 9.24. The van der Waals surface area contributed by atoms with E-state index in [9.17, 15) is 0 Å². The summed E-state index contributed by atoms with van der Waals surface area (Å²) >= 11 is 0. The molecule has 0 fully saturated rings. The highest BCUT2D eigenvalue weighted by Crippen LogP contribution is 2.28. The van der Waals surface area contributed by atoms with Crippen molar-refractivity contribution in [2.75, 3.05) is 11.9 Å². The molecule has 1 N–H and O–H groups in total. The van der Waals surface area contributed by atoms with Gasteiger partial charge in [0.15, 0.2) is 0 Å². The number of rotatable bonds is 17. The zero-order chi connectivity index (χ0) is 22.2. The summed E-state index contributed by atoms with van der Waals surface area (Å²) < 4.78 is 5.94. The highest BCUT2D eigenvalue weighted by molar-refractivity contribution is 5.62. The van der Waals surface area contributed by atoms with Gasteiger partial charge in [0, 0.05) is 17.4 Å². The van der Waals surface area contributed by atoms with Gasteiger partial charge in [-0.25, -0.2) is 0 Å². The van der Waals surface area contributed by atoms with E-state index in [1.165, 1.54) is 88.2 Å². The highest BCUT2D eigenvalue weighted by Gasteiger charge is 2.06. The van der Waals surface area contributed by atoms with E-state index in [-0.39, 0.29) is 0 Å². The van der Waals surface area contributed by atoms with Crippen molar-refractivity contribution in [1.82, 2.24) is 0 Å². The standard InChI is InChI=1S/C29H45NO/c1-4-7-9-11-12-13-14-16-25-18-21-27(22-19-25)30-28-23-20-26(17-15-10-8-5-2)29(24-28)31-6-3/h18-24,30H,4-17H2,1-3H3. The lowest BCUT2D eigenvalue weighted by atomic mass is 10.0. The number of aryl methyl sites for hydroxylation is 2. The van der Waals surface area contributed by atoms with Crippen LogP contribution in [0.15, 0.2) is 42.5 Å². The largest absolute Gasteiger partial charge is 0.494 e. The molecule has 0 amide bonds. The van der Waals surface area contributed by atoms with Gasteiger partial charge in [-0.2, -0.15) is 0 Å². The van der Waals surface area contributed by atoms with Crippen LogP contribution in [-0.4, -0.2) is 6.61 Å². The summed E-state index contributed by atoms with van der Waals surface area (Å²) in [6, 6.07) is 15.5. The first kappa shape index (κ1) is 25.3. The van der Waals surface area contributed by atoms with Crippen molar-refractivity contribution in [3.05, 3.63) is 53.6 Å². The smallest absolute Gasteiger partial charge is 0.124 e. The molecule has 0 atom stereocenters. The summed E-state index contributed by atoms with van der Waals surface area (Å²) in [6.07, 6.45) is 17.0. The van der Waals surface area contributed by atoms with Gasteiger partial charge in [-0.1, -0.05) is 89.8 Å². The van der Waals surface area contributed by atoms with Gasteiger partial charge in [-0.3, -0.25) is 0 Å². The Kier molecular flexibility index (Phi) is 12.9. The van der Waals surface area contributed by atoms with E-state index in [1.807, 2.05) is 0 Å². The van der Waals surface area contributed by atoms with Crippen LogP contribution in [-0.2, 0) is 12.8 Å². The molecule has 31 heavy (non-hydrogen) atoms. The molecule has 0 heterocycles. The van der Waals surface area contributed by atoms with Crippen LogP contribution in [0.4, 0.5) is 11.4 Å². The zero-order valence-corrected chi connectivity index (χ0v) is 20.3. The van der Waals surface area contributed by atoms with Gasteiger partial charge in [-0.05, 0) is 61.9 Å². The Morgan fingerprint density at radius 2 is 1.19 bits per heavy atom.